The molecule has 27 heavy (non-hydrogen) atoms. The third kappa shape index (κ3) is 4.04. The zero-order valence-corrected chi connectivity index (χ0v) is 16.8. The quantitative estimate of drug-likeness (QED) is 0.682. The molecule has 8 heteroatoms. The molecule has 0 saturated carbocycles. The van der Waals surface area contributed by atoms with Gasteiger partial charge in [-0.25, -0.2) is 4.98 Å². The van der Waals surface area contributed by atoms with E-state index in [0.29, 0.717) is 28.2 Å². The maximum absolute atomic E-state index is 12.4. The van der Waals surface area contributed by atoms with Crippen molar-refractivity contribution < 1.29 is 4.79 Å². The summed E-state index contributed by atoms with van der Waals surface area (Å²) in [5.74, 6) is 0.764. The van der Waals surface area contributed by atoms with Crippen molar-refractivity contribution in [1.82, 2.24) is 9.97 Å². The number of aromatic nitrogens is 2. The van der Waals surface area contributed by atoms with Gasteiger partial charge in [-0.3, -0.25) is 9.59 Å². The van der Waals surface area contributed by atoms with Crippen molar-refractivity contribution in [3.63, 3.8) is 0 Å². The number of benzene rings is 1. The normalized spacial score (nSPS) is 11.9. The van der Waals surface area contributed by atoms with Crippen molar-refractivity contribution in [1.29, 1.82) is 5.26 Å². The molecule has 0 radical (unpaired) electrons. The van der Waals surface area contributed by atoms with Crippen molar-refractivity contribution in [2.75, 3.05) is 5.32 Å². The Labute approximate surface area is 164 Å². The lowest BCUT2D eigenvalue weighted by Gasteiger charge is -2.12. The molecule has 1 atom stereocenters. The van der Waals surface area contributed by atoms with E-state index in [4.69, 9.17) is 5.26 Å². The highest BCUT2D eigenvalue weighted by Gasteiger charge is 2.17. The summed E-state index contributed by atoms with van der Waals surface area (Å²) in [7, 11) is 0. The Balaban J connectivity index is 1.69. The summed E-state index contributed by atoms with van der Waals surface area (Å²) in [5, 5.41) is 12.2. The van der Waals surface area contributed by atoms with E-state index in [2.05, 4.69) is 21.4 Å². The van der Waals surface area contributed by atoms with Gasteiger partial charge in [0, 0.05) is 4.88 Å². The Hall–Kier alpha value is -2.63. The number of para-hydroxylation sites is 1. The topological polar surface area (TPSA) is 98.6 Å². The summed E-state index contributed by atoms with van der Waals surface area (Å²) in [6, 6.07) is 8.92. The summed E-state index contributed by atoms with van der Waals surface area (Å²) < 4.78 is 0. The number of thioether (sulfide) groups is 1. The molecule has 138 valence electrons. The summed E-state index contributed by atoms with van der Waals surface area (Å²) in [5.41, 5.74) is 1.74. The molecule has 0 spiro atoms. The van der Waals surface area contributed by atoms with E-state index in [9.17, 15) is 9.59 Å². The lowest BCUT2D eigenvalue weighted by molar-refractivity contribution is -0.115. The fourth-order valence-electron chi connectivity index (χ4n) is 2.57. The third-order valence-corrected chi connectivity index (χ3v) is 6.49. The van der Waals surface area contributed by atoms with Crippen LogP contribution in [0.25, 0.3) is 10.2 Å². The van der Waals surface area contributed by atoms with Crippen LogP contribution in [0.15, 0.2) is 29.1 Å². The van der Waals surface area contributed by atoms with Gasteiger partial charge in [-0.05, 0) is 38.5 Å². The van der Waals surface area contributed by atoms with Crippen molar-refractivity contribution in [3.05, 3.63) is 56.4 Å². The number of carbonyl (C=O) groups excluding carboxylic acids is 1. The minimum absolute atomic E-state index is 0.141. The number of aromatic amines is 1. The van der Waals surface area contributed by atoms with Gasteiger partial charge in [-0.15, -0.1) is 23.1 Å². The fourth-order valence-corrected chi connectivity index (χ4v) is 4.37. The lowest BCUT2D eigenvalue weighted by Crippen LogP contribution is -2.23. The minimum atomic E-state index is -0.371. The number of nitriles is 1. The molecule has 1 amide bonds. The first-order valence-corrected chi connectivity index (χ1v) is 10.2. The summed E-state index contributed by atoms with van der Waals surface area (Å²) in [4.78, 5) is 33.9. The number of H-pyrrole nitrogens is 1. The molecular weight excluding hydrogens is 380 g/mol. The van der Waals surface area contributed by atoms with Crippen LogP contribution < -0.4 is 10.9 Å². The smallest absolute Gasteiger partial charge is 0.259 e. The monoisotopic (exact) mass is 398 g/mol. The van der Waals surface area contributed by atoms with Crippen LogP contribution in [0.4, 0.5) is 5.69 Å². The van der Waals surface area contributed by atoms with E-state index < -0.39 is 0 Å². The maximum Gasteiger partial charge on any atom is 0.259 e. The molecule has 0 fully saturated rings. The summed E-state index contributed by atoms with van der Waals surface area (Å²) >= 11 is 2.88. The fraction of sp³-hybridized carbons (Fsp3) is 0.263. The van der Waals surface area contributed by atoms with E-state index in [1.165, 1.54) is 23.1 Å². The Morgan fingerprint density at radius 1 is 1.41 bits per heavy atom. The molecule has 6 nitrogen and oxygen atoms in total. The number of carbonyl (C=O) groups is 1. The number of aryl methyl sites for hydroxylation is 2. The largest absolute Gasteiger partial charge is 0.324 e. The summed E-state index contributed by atoms with van der Waals surface area (Å²) in [6.45, 7) is 5.68. The SMILES string of the molecule is Cc1sc2nc(CS[C@@H](C)C(=O)Nc3ccccc3C#N)[nH]c(=O)c2c1C. The Morgan fingerprint density at radius 3 is 2.89 bits per heavy atom. The number of hydrogen-bond donors (Lipinski definition) is 2. The number of thiophene rings is 1. The molecule has 3 aromatic rings. The molecular formula is C19H18N4O2S2. The van der Waals surface area contributed by atoms with Crippen molar-refractivity contribution >= 4 is 44.9 Å². The Kier molecular flexibility index (Phi) is 5.63. The van der Waals surface area contributed by atoms with Gasteiger partial charge >= 0.3 is 0 Å². The Bertz CT molecular complexity index is 1110. The Morgan fingerprint density at radius 2 is 2.15 bits per heavy atom. The number of nitrogens with one attached hydrogen (secondary N) is 2. The zero-order chi connectivity index (χ0) is 19.6. The molecule has 0 aliphatic carbocycles. The molecule has 1 aromatic carbocycles. The molecule has 2 heterocycles. The molecule has 3 rings (SSSR count). The standard InChI is InChI=1S/C19H18N4O2S2/c1-10-11(2)27-19-16(10)18(25)22-15(23-19)9-26-12(3)17(24)21-14-7-5-4-6-13(14)8-20/h4-7,12H,9H2,1-3H3,(H,21,24)(H,22,23,25)/t12-/m0/s1. The van der Waals surface area contributed by atoms with Gasteiger partial charge < -0.3 is 10.3 Å². The van der Waals surface area contributed by atoms with Crippen LogP contribution in [0.1, 0.15) is 28.8 Å². The molecule has 0 aliphatic rings. The van der Waals surface area contributed by atoms with Crippen LogP contribution in [0.5, 0.6) is 0 Å². The molecule has 0 aliphatic heterocycles. The third-order valence-electron chi connectivity index (χ3n) is 4.23. The first kappa shape index (κ1) is 19.1. The van der Waals surface area contributed by atoms with Gasteiger partial charge in [0.2, 0.25) is 5.91 Å². The predicted octanol–water partition coefficient (Wildman–Crippen LogP) is 3.73. The van der Waals surface area contributed by atoms with Gasteiger partial charge in [0.05, 0.1) is 27.6 Å². The second-order valence-electron chi connectivity index (χ2n) is 6.08. The van der Waals surface area contributed by atoms with Crippen molar-refractivity contribution in [3.8, 4) is 6.07 Å². The van der Waals surface area contributed by atoms with E-state index in [0.717, 1.165) is 15.3 Å². The van der Waals surface area contributed by atoms with Crippen LogP contribution in [0.3, 0.4) is 0 Å². The molecule has 0 saturated heterocycles. The molecule has 2 aromatic heterocycles. The van der Waals surface area contributed by atoms with Crippen molar-refractivity contribution in [2.45, 2.75) is 31.8 Å². The lowest BCUT2D eigenvalue weighted by atomic mass is 10.2. The van der Waals surface area contributed by atoms with E-state index in [-0.39, 0.29) is 16.7 Å². The highest BCUT2D eigenvalue weighted by molar-refractivity contribution is 7.99. The van der Waals surface area contributed by atoms with Gasteiger partial charge in [-0.1, -0.05) is 12.1 Å². The number of fused-ring (bicyclic) bond motifs is 1. The minimum Gasteiger partial charge on any atom is -0.324 e. The number of nitrogens with zero attached hydrogens (tertiary/aromatic N) is 2. The highest BCUT2D eigenvalue weighted by Crippen LogP contribution is 2.26. The predicted molar refractivity (Wildman–Crippen MR) is 110 cm³/mol. The van der Waals surface area contributed by atoms with E-state index in [1.54, 1.807) is 31.2 Å². The number of anilines is 1. The number of rotatable bonds is 5. The second kappa shape index (κ2) is 7.94. The first-order valence-electron chi connectivity index (χ1n) is 8.31. The molecule has 0 unspecified atom stereocenters. The molecule has 2 N–H and O–H groups in total. The van der Waals surface area contributed by atoms with Gasteiger partial charge in [0.15, 0.2) is 0 Å². The van der Waals surface area contributed by atoms with Crippen LogP contribution in [-0.2, 0) is 10.5 Å². The van der Waals surface area contributed by atoms with Gasteiger partial charge in [0.1, 0.15) is 16.7 Å². The molecule has 0 bridgehead atoms. The highest BCUT2D eigenvalue weighted by atomic mass is 32.2. The van der Waals surface area contributed by atoms with Crippen LogP contribution in [0, 0.1) is 25.2 Å². The van der Waals surface area contributed by atoms with E-state index >= 15 is 0 Å². The average Bonchev–Trinajstić information content (AvgIpc) is 2.94. The van der Waals surface area contributed by atoms with Gasteiger partial charge in [-0.2, -0.15) is 5.26 Å². The second-order valence-corrected chi connectivity index (χ2v) is 8.61. The van der Waals surface area contributed by atoms with Gasteiger partial charge in [0.25, 0.3) is 5.56 Å². The maximum atomic E-state index is 12.4. The number of hydrogen-bond acceptors (Lipinski definition) is 6. The van der Waals surface area contributed by atoms with Crippen LogP contribution in [0.2, 0.25) is 0 Å². The van der Waals surface area contributed by atoms with Crippen molar-refractivity contribution in [2.24, 2.45) is 0 Å². The number of amides is 1. The van der Waals surface area contributed by atoms with E-state index in [1.807, 2.05) is 13.8 Å². The summed E-state index contributed by atoms with van der Waals surface area (Å²) in [6.07, 6.45) is 0. The first-order chi connectivity index (χ1) is 12.9. The van der Waals surface area contributed by atoms with Crippen LogP contribution >= 0.6 is 23.1 Å². The average molecular weight is 399 g/mol. The zero-order valence-electron chi connectivity index (χ0n) is 15.1. The van der Waals surface area contributed by atoms with Crippen LogP contribution in [-0.4, -0.2) is 21.1 Å².